The van der Waals surface area contributed by atoms with Gasteiger partial charge in [-0.25, -0.2) is 4.98 Å². The maximum Gasteiger partial charge on any atom is 0.205 e. The average Bonchev–Trinajstić information content (AvgIpc) is 2.95. The van der Waals surface area contributed by atoms with Crippen molar-refractivity contribution in [2.75, 3.05) is 25.7 Å². The second-order valence-electron chi connectivity index (χ2n) is 4.70. The van der Waals surface area contributed by atoms with Gasteiger partial charge in [-0.3, -0.25) is 0 Å². The zero-order chi connectivity index (χ0) is 13.9. The topological polar surface area (TPSA) is 47.5 Å². The molecule has 2 heterocycles. The Balaban J connectivity index is 1.81. The van der Waals surface area contributed by atoms with Crippen molar-refractivity contribution < 1.29 is 9.47 Å². The first-order valence-corrected chi connectivity index (χ1v) is 7.30. The van der Waals surface area contributed by atoms with Crippen molar-refractivity contribution >= 4 is 16.7 Å². The average molecular weight is 291 g/mol. The number of benzene rings is 1. The Morgan fingerprint density at radius 1 is 1.35 bits per heavy atom. The summed E-state index contributed by atoms with van der Waals surface area (Å²) < 4.78 is 14.8. The van der Waals surface area contributed by atoms with Gasteiger partial charge in [0.15, 0.2) is 5.82 Å². The number of fused-ring (bicyclic) bond motifs is 1. The zero-order valence-electron chi connectivity index (χ0n) is 11.6. The number of hydrogen-bond donors (Lipinski definition) is 0. The maximum absolute atomic E-state index is 5.43. The van der Waals surface area contributed by atoms with Gasteiger partial charge >= 0.3 is 0 Å². The van der Waals surface area contributed by atoms with Crippen molar-refractivity contribution in [3.63, 3.8) is 0 Å². The number of anilines is 1. The van der Waals surface area contributed by atoms with E-state index in [1.165, 1.54) is 22.7 Å². The Bertz CT molecular complexity index is 600. The van der Waals surface area contributed by atoms with Crippen LogP contribution in [0.3, 0.4) is 0 Å². The first-order chi connectivity index (χ1) is 9.81. The Kier molecular flexibility index (Phi) is 3.84. The normalized spacial score (nSPS) is 14.2. The van der Waals surface area contributed by atoms with Gasteiger partial charge in [-0.15, -0.1) is 0 Å². The van der Waals surface area contributed by atoms with Gasteiger partial charge in [0, 0.05) is 37.3 Å². The fraction of sp³-hybridized carbons (Fsp3) is 0.429. The van der Waals surface area contributed by atoms with Crippen LogP contribution in [0.5, 0.6) is 5.75 Å². The number of nitrogens with zero attached hydrogens (tertiary/aromatic N) is 3. The zero-order valence-corrected chi connectivity index (χ0v) is 12.4. The molecule has 0 N–H and O–H groups in total. The summed E-state index contributed by atoms with van der Waals surface area (Å²) in [4.78, 5) is 6.78. The fourth-order valence-electron chi connectivity index (χ4n) is 2.49. The van der Waals surface area contributed by atoms with Crippen LogP contribution < -0.4 is 9.64 Å². The summed E-state index contributed by atoms with van der Waals surface area (Å²) in [6.07, 6.45) is 0.971. The summed E-state index contributed by atoms with van der Waals surface area (Å²) >= 11 is 1.43. The SMILES string of the molecule is COCc1nsc(N2CCc3c(cccc3OC)C2)n1. The molecule has 1 aliphatic heterocycles. The first-order valence-electron chi connectivity index (χ1n) is 6.53. The summed E-state index contributed by atoms with van der Waals surface area (Å²) in [5, 5.41) is 0.963. The van der Waals surface area contributed by atoms with Gasteiger partial charge in [-0.05, 0) is 18.1 Å². The van der Waals surface area contributed by atoms with E-state index in [-0.39, 0.29) is 0 Å². The molecule has 0 saturated heterocycles. The number of ether oxygens (including phenoxy) is 2. The Morgan fingerprint density at radius 2 is 2.25 bits per heavy atom. The molecule has 0 atom stereocenters. The molecule has 0 bridgehead atoms. The third-order valence-corrected chi connectivity index (χ3v) is 4.26. The molecule has 0 radical (unpaired) electrons. The fourth-order valence-corrected chi connectivity index (χ4v) is 3.19. The Labute approximate surface area is 122 Å². The lowest BCUT2D eigenvalue weighted by molar-refractivity contribution is 0.179. The van der Waals surface area contributed by atoms with E-state index in [4.69, 9.17) is 9.47 Å². The van der Waals surface area contributed by atoms with E-state index in [2.05, 4.69) is 20.3 Å². The summed E-state index contributed by atoms with van der Waals surface area (Å²) in [6, 6.07) is 6.22. The van der Waals surface area contributed by atoms with E-state index in [1.807, 2.05) is 12.1 Å². The molecule has 20 heavy (non-hydrogen) atoms. The van der Waals surface area contributed by atoms with Gasteiger partial charge in [-0.2, -0.15) is 4.37 Å². The highest BCUT2D eigenvalue weighted by molar-refractivity contribution is 7.09. The van der Waals surface area contributed by atoms with E-state index in [0.29, 0.717) is 6.61 Å². The first kappa shape index (κ1) is 13.3. The molecule has 0 saturated carbocycles. The van der Waals surface area contributed by atoms with Crippen molar-refractivity contribution in [3.8, 4) is 5.75 Å². The maximum atomic E-state index is 5.43. The second kappa shape index (κ2) is 5.76. The van der Waals surface area contributed by atoms with E-state index in [9.17, 15) is 0 Å². The minimum atomic E-state index is 0.467. The van der Waals surface area contributed by atoms with Gasteiger partial charge in [-0.1, -0.05) is 12.1 Å². The monoisotopic (exact) mass is 291 g/mol. The molecule has 1 aromatic heterocycles. The van der Waals surface area contributed by atoms with Crippen LogP contribution in [-0.2, 0) is 24.3 Å². The Hall–Kier alpha value is -1.66. The number of hydrogen-bond acceptors (Lipinski definition) is 6. The van der Waals surface area contributed by atoms with Crippen LogP contribution in [0.15, 0.2) is 18.2 Å². The molecule has 106 valence electrons. The third-order valence-electron chi connectivity index (χ3n) is 3.44. The molecule has 1 aliphatic rings. The van der Waals surface area contributed by atoms with Crippen LogP contribution in [0.25, 0.3) is 0 Å². The second-order valence-corrected chi connectivity index (χ2v) is 5.43. The molecule has 0 spiro atoms. The number of rotatable bonds is 4. The quantitative estimate of drug-likeness (QED) is 0.864. The lowest BCUT2D eigenvalue weighted by Crippen LogP contribution is -2.30. The number of methoxy groups -OCH3 is 2. The molecular weight excluding hydrogens is 274 g/mol. The van der Waals surface area contributed by atoms with Crippen molar-refractivity contribution in [1.29, 1.82) is 0 Å². The molecule has 1 aromatic carbocycles. The highest BCUT2D eigenvalue weighted by Crippen LogP contribution is 2.30. The molecule has 0 amide bonds. The van der Waals surface area contributed by atoms with E-state index >= 15 is 0 Å². The highest BCUT2D eigenvalue weighted by atomic mass is 32.1. The highest BCUT2D eigenvalue weighted by Gasteiger charge is 2.21. The standard InChI is InChI=1S/C14H17N3O2S/c1-18-9-13-15-14(20-16-13)17-7-6-11-10(8-17)4-3-5-12(11)19-2/h3-5H,6-9H2,1-2H3. The third kappa shape index (κ3) is 2.48. The number of aromatic nitrogens is 2. The lowest BCUT2D eigenvalue weighted by atomic mass is 9.99. The van der Waals surface area contributed by atoms with Gasteiger partial charge in [0.05, 0.1) is 7.11 Å². The van der Waals surface area contributed by atoms with Crippen LogP contribution in [0, 0.1) is 0 Å². The van der Waals surface area contributed by atoms with Gasteiger partial charge < -0.3 is 14.4 Å². The minimum Gasteiger partial charge on any atom is -0.496 e. The van der Waals surface area contributed by atoms with E-state index < -0.39 is 0 Å². The molecule has 6 heteroatoms. The molecule has 2 aromatic rings. The summed E-state index contributed by atoms with van der Waals surface area (Å²) in [6.45, 7) is 2.26. The Morgan fingerprint density at radius 3 is 3.05 bits per heavy atom. The van der Waals surface area contributed by atoms with Crippen molar-refractivity contribution in [3.05, 3.63) is 35.2 Å². The summed E-state index contributed by atoms with van der Waals surface area (Å²) in [5.41, 5.74) is 2.62. The van der Waals surface area contributed by atoms with Crippen LogP contribution in [0.1, 0.15) is 17.0 Å². The molecule has 5 nitrogen and oxygen atoms in total. The van der Waals surface area contributed by atoms with Gasteiger partial charge in [0.2, 0.25) is 5.13 Å². The molecule has 0 unspecified atom stereocenters. The molecule has 0 aliphatic carbocycles. The van der Waals surface area contributed by atoms with Gasteiger partial charge in [0.25, 0.3) is 0 Å². The van der Waals surface area contributed by atoms with E-state index in [0.717, 1.165) is 36.2 Å². The van der Waals surface area contributed by atoms with Crippen molar-refractivity contribution in [2.45, 2.75) is 19.6 Å². The van der Waals surface area contributed by atoms with Crippen molar-refractivity contribution in [2.24, 2.45) is 0 Å². The molecule has 0 fully saturated rings. The minimum absolute atomic E-state index is 0.467. The smallest absolute Gasteiger partial charge is 0.205 e. The molecular formula is C14H17N3O2S. The van der Waals surface area contributed by atoms with Crippen LogP contribution in [0.4, 0.5) is 5.13 Å². The summed E-state index contributed by atoms with van der Waals surface area (Å²) in [5.74, 6) is 1.74. The van der Waals surface area contributed by atoms with Gasteiger partial charge in [0.1, 0.15) is 12.4 Å². The van der Waals surface area contributed by atoms with Crippen molar-refractivity contribution in [1.82, 2.24) is 9.36 Å². The summed E-state index contributed by atoms with van der Waals surface area (Å²) in [7, 11) is 3.38. The van der Waals surface area contributed by atoms with Crippen LogP contribution in [-0.4, -0.2) is 30.1 Å². The predicted molar refractivity (Wildman–Crippen MR) is 78.4 cm³/mol. The lowest BCUT2D eigenvalue weighted by Gasteiger charge is -2.29. The largest absolute Gasteiger partial charge is 0.496 e. The molecule has 3 rings (SSSR count). The van der Waals surface area contributed by atoms with E-state index in [1.54, 1.807) is 14.2 Å². The van der Waals surface area contributed by atoms with Crippen LogP contribution in [0.2, 0.25) is 0 Å². The van der Waals surface area contributed by atoms with Crippen LogP contribution >= 0.6 is 11.5 Å². The predicted octanol–water partition coefficient (Wildman–Crippen LogP) is 2.26.